The van der Waals surface area contributed by atoms with Crippen LogP contribution in [0.5, 0.6) is 5.75 Å². The van der Waals surface area contributed by atoms with E-state index in [-0.39, 0.29) is 10.9 Å². The maximum Gasteiger partial charge on any atom is 0.241 e. The second-order valence-corrected chi connectivity index (χ2v) is 9.11. The molecule has 0 saturated carbocycles. The van der Waals surface area contributed by atoms with Gasteiger partial charge in [-0.1, -0.05) is 6.07 Å². The van der Waals surface area contributed by atoms with Gasteiger partial charge in [0.2, 0.25) is 16.0 Å². The quantitative estimate of drug-likeness (QED) is 0.766. The Balaban J connectivity index is 1.42. The van der Waals surface area contributed by atoms with Gasteiger partial charge >= 0.3 is 0 Å². The van der Waals surface area contributed by atoms with Gasteiger partial charge in [-0.2, -0.15) is 0 Å². The number of methoxy groups -OCH3 is 1. The average Bonchev–Trinajstić information content (AvgIpc) is 3.22. The molecule has 1 atom stereocenters. The molecule has 2 saturated heterocycles. The lowest BCUT2D eigenvalue weighted by Crippen LogP contribution is -2.37. The van der Waals surface area contributed by atoms with Gasteiger partial charge in [0.1, 0.15) is 5.75 Å². The summed E-state index contributed by atoms with van der Waals surface area (Å²) in [5.74, 6) is 1.58. The van der Waals surface area contributed by atoms with Gasteiger partial charge in [0.05, 0.1) is 12.0 Å². The first-order chi connectivity index (χ1) is 14.0. The molecular weight excluding hydrogens is 392 g/mol. The Labute approximate surface area is 171 Å². The molecule has 2 fully saturated rings. The lowest BCUT2D eigenvalue weighted by Gasteiger charge is -2.23. The van der Waals surface area contributed by atoms with Crippen molar-refractivity contribution in [2.45, 2.75) is 36.1 Å². The van der Waals surface area contributed by atoms with Gasteiger partial charge in [-0.25, -0.2) is 23.1 Å². The number of ether oxygens (including phenoxy) is 2. The number of aromatic nitrogens is 2. The van der Waals surface area contributed by atoms with Crippen LogP contribution in [0.3, 0.4) is 0 Å². The fourth-order valence-electron chi connectivity index (χ4n) is 3.83. The topological polar surface area (TPSA) is 93.7 Å². The van der Waals surface area contributed by atoms with E-state index < -0.39 is 10.0 Å². The predicted molar refractivity (Wildman–Crippen MR) is 109 cm³/mol. The van der Waals surface area contributed by atoms with Crippen molar-refractivity contribution in [2.24, 2.45) is 0 Å². The molecule has 0 bridgehead atoms. The van der Waals surface area contributed by atoms with Gasteiger partial charge in [0.25, 0.3) is 0 Å². The lowest BCUT2D eigenvalue weighted by atomic mass is 9.96. The molecule has 9 heteroatoms. The maximum atomic E-state index is 12.7. The number of rotatable bonds is 6. The Bertz CT molecular complexity index is 947. The Morgan fingerprint density at radius 3 is 2.83 bits per heavy atom. The molecule has 0 amide bonds. The molecule has 2 aliphatic heterocycles. The van der Waals surface area contributed by atoms with E-state index in [0.29, 0.717) is 37.1 Å². The zero-order valence-corrected chi connectivity index (χ0v) is 17.3. The summed E-state index contributed by atoms with van der Waals surface area (Å²) in [4.78, 5) is 11.4. The van der Waals surface area contributed by atoms with E-state index in [1.165, 1.54) is 13.2 Å². The number of nitrogens with zero attached hydrogens (tertiary/aromatic N) is 3. The summed E-state index contributed by atoms with van der Waals surface area (Å²) in [5, 5.41) is 0. The van der Waals surface area contributed by atoms with Gasteiger partial charge in [-0.15, -0.1) is 0 Å². The summed E-state index contributed by atoms with van der Waals surface area (Å²) < 4.78 is 38.8. The first-order valence-electron chi connectivity index (χ1n) is 9.87. The lowest BCUT2D eigenvalue weighted by molar-refractivity contribution is 0.0845. The normalized spacial score (nSPS) is 20.7. The van der Waals surface area contributed by atoms with Crippen molar-refractivity contribution in [2.75, 3.05) is 38.3 Å². The van der Waals surface area contributed by atoms with Crippen LogP contribution in [-0.4, -0.2) is 57.8 Å². The van der Waals surface area contributed by atoms with Crippen molar-refractivity contribution in [3.8, 4) is 5.75 Å². The predicted octanol–water partition coefficient (Wildman–Crippen LogP) is 1.94. The molecule has 0 radical (unpaired) electrons. The van der Waals surface area contributed by atoms with E-state index in [1.807, 2.05) is 11.0 Å². The van der Waals surface area contributed by atoms with Crippen LogP contribution in [0, 0.1) is 0 Å². The van der Waals surface area contributed by atoms with Crippen molar-refractivity contribution in [1.82, 2.24) is 14.7 Å². The van der Waals surface area contributed by atoms with Crippen molar-refractivity contribution >= 4 is 16.0 Å². The molecule has 3 heterocycles. The van der Waals surface area contributed by atoms with E-state index >= 15 is 0 Å². The smallest absolute Gasteiger partial charge is 0.241 e. The molecule has 0 aliphatic carbocycles. The highest BCUT2D eigenvalue weighted by molar-refractivity contribution is 7.89. The summed E-state index contributed by atoms with van der Waals surface area (Å²) in [7, 11) is -2.10. The summed E-state index contributed by atoms with van der Waals surface area (Å²) in [6, 6.07) is 8.26. The van der Waals surface area contributed by atoms with Crippen molar-refractivity contribution in [3.63, 3.8) is 0 Å². The average molecular weight is 419 g/mol. The molecule has 29 heavy (non-hydrogen) atoms. The minimum absolute atomic E-state index is 0.193. The number of sulfonamides is 1. The monoisotopic (exact) mass is 418 g/mol. The van der Waals surface area contributed by atoms with E-state index in [9.17, 15) is 8.42 Å². The van der Waals surface area contributed by atoms with E-state index in [1.54, 1.807) is 24.4 Å². The van der Waals surface area contributed by atoms with Crippen LogP contribution in [0.2, 0.25) is 0 Å². The van der Waals surface area contributed by atoms with Crippen molar-refractivity contribution in [3.05, 3.63) is 42.2 Å². The van der Waals surface area contributed by atoms with Crippen molar-refractivity contribution < 1.29 is 17.9 Å². The minimum Gasteiger partial charge on any atom is -0.497 e. The highest BCUT2D eigenvalue weighted by atomic mass is 32.2. The SMILES string of the molecule is COc1cccc(S(=O)(=O)NC2CCN(c3nccc(C4CCOCC4)n3)C2)c1. The van der Waals surface area contributed by atoms with Gasteiger partial charge in [-0.05, 0) is 37.5 Å². The molecule has 8 nitrogen and oxygen atoms in total. The van der Waals surface area contributed by atoms with Crippen LogP contribution in [0.25, 0.3) is 0 Å². The molecule has 1 N–H and O–H groups in total. The molecule has 1 unspecified atom stereocenters. The first-order valence-corrected chi connectivity index (χ1v) is 11.4. The Hall–Kier alpha value is -2.23. The number of hydrogen-bond donors (Lipinski definition) is 1. The minimum atomic E-state index is -3.62. The number of nitrogens with one attached hydrogen (secondary N) is 1. The number of hydrogen-bond acceptors (Lipinski definition) is 7. The van der Waals surface area contributed by atoms with Crippen LogP contribution >= 0.6 is 0 Å². The second kappa shape index (κ2) is 8.64. The number of benzene rings is 1. The zero-order valence-electron chi connectivity index (χ0n) is 16.5. The Morgan fingerprint density at radius 1 is 1.21 bits per heavy atom. The molecule has 2 aliphatic rings. The molecular formula is C20H26N4O4S. The van der Waals surface area contributed by atoms with Crippen LogP contribution < -0.4 is 14.4 Å². The van der Waals surface area contributed by atoms with Crippen LogP contribution in [0.1, 0.15) is 30.9 Å². The fourth-order valence-corrected chi connectivity index (χ4v) is 5.13. The Kier molecular flexibility index (Phi) is 5.98. The molecule has 1 aromatic carbocycles. The summed E-state index contributed by atoms with van der Waals surface area (Å²) in [5.41, 5.74) is 1.04. The van der Waals surface area contributed by atoms with Crippen LogP contribution in [-0.2, 0) is 14.8 Å². The molecule has 4 rings (SSSR count). The van der Waals surface area contributed by atoms with Gasteiger partial charge < -0.3 is 14.4 Å². The third kappa shape index (κ3) is 4.68. The third-order valence-corrected chi connectivity index (χ3v) is 6.97. The summed E-state index contributed by atoms with van der Waals surface area (Å²) >= 11 is 0. The van der Waals surface area contributed by atoms with Gasteiger partial charge in [0, 0.05) is 56.2 Å². The molecule has 1 aromatic heterocycles. The summed E-state index contributed by atoms with van der Waals surface area (Å²) in [6.07, 6.45) is 4.44. The highest BCUT2D eigenvalue weighted by Crippen LogP contribution is 2.27. The molecule has 156 valence electrons. The fraction of sp³-hybridized carbons (Fsp3) is 0.500. The van der Waals surface area contributed by atoms with Crippen LogP contribution in [0.15, 0.2) is 41.4 Å². The van der Waals surface area contributed by atoms with Crippen LogP contribution in [0.4, 0.5) is 5.95 Å². The zero-order chi connectivity index (χ0) is 20.3. The molecule has 2 aromatic rings. The van der Waals surface area contributed by atoms with E-state index in [4.69, 9.17) is 14.5 Å². The Morgan fingerprint density at radius 2 is 2.03 bits per heavy atom. The third-order valence-electron chi connectivity index (χ3n) is 5.45. The van der Waals surface area contributed by atoms with E-state index in [0.717, 1.165) is 31.7 Å². The standard InChI is InChI=1S/C20H26N4O4S/c1-27-17-3-2-4-18(13-17)29(25,26)23-16-6-10-24(14-16)20-21-9-5-19(22-20)15-7-11-28-12-8-15/h2-5,9,13,15-16,23H,6-8,10-12,14H2,1H3. The maximum absolute atomic E-state index is 12.7. The summed E-state index contributed by atoms with van der Waals surface area (Å²) in [6.45, 7) is 2.78. The largest absolute Gasteiger partial charge is 0.497 e. The second-order valence-electron chi connectivity index (χ2n) is 7.40. The van der Waals surface area contributed by atoms with Gasteiger partial charge in [0.15, 0.2) is 0 Å². The van der Waals surface area contributed by atoms with E-state index in [2.05, 4.69) is 9.71 Å². The van der Waals surface area contributed by atoms with Crippen molar-refractivity contribution in [1.29, 1.82) is 0 Å². The highest BCUT2D eigenvalue weighted by Gasteiger charge is 2.29. The molecule has 0 spiro atoms. The number of anilines is 1. The first kappa shape index (κ1) is 20.1. The van der Waals surface area contributed by atoms with Gasteiger partial charge in [-0.3, -0.25) is 0 Å².